The van der Waals surface area contributed by atoms with Gasteiger partial charge in [0.2, 0.25) is 5.28 Å². The summed E-state index contributed by atoms with van der Waals surface area (Å²) in [6.07, 6.45) is 5.31. The van der Waals surface area contributed by atoms with Gasteiger partial charge in [0.25, 0.3) is 0 Å². The van der Waals surface area contributed by atoms with E-state index >= 15 is 0 Å². The summed E-state index contributed by atoms with van der Waals surface area (Å²) >= 11 is 18.6. The number of hydrogen-bond donors (Lipinski definition) is 1. The van der Waals surface area contributed by atoms with Crippen molar-refractivity contribution in [2.24, 2.45) is 0 Å². The first-order valence-electron chi connectivity index (χ1n) is 7.42. The number of hydrogen-bond acceptors (Lipinski definition) is 3. The topological polar surface area (TPSA) is 37.8 Å². The molecule has 2 heterocycles. The van der Waals surface area contributed by atoms with Crippen molar-refractivity contribution in [2.45, 2.75) is 26.3 Å². The average Bonchev–Trinajstić information content (AvgIpc) is 2.52. The van der Waals surface area contributed by atoms with Crippen LogP contribution in [-0.2, 0) is 0 Å². The predicted octanol–water partition coefficient (Wildman–Crippen LogP) is 6.04. The SMILES string of the molecule is CC1=CC(C)(C)Nc2cc(/C(Cl)=C(\Cl)c3cnc(Cl)nc3)ccc21. The zero-order valence-electron chi connectivity index (χ0n) is 13.5. The fourth-order valence-corrected chi connectivity index (χ4v) is 3.34. The predicted molar refractivity (Wildman–Crippen MR) is 103 cm³/mol. The number of fused-ring (bicyclic) bond motifs is 1. The molecule has 0 spiro atoms. The normalized spacial score (nSPS) is 16.7. The van der Waals surface area contributed by atoms with Crippen LogP contribution in [0.5, 0.6) is 0 Å². The number of nitrogens with one attached hydrogen (secondary N) is 1. The van der Waals surface area contributed by atoms with Crippen LogP contribution >= 0.6 is 34.8 Å². The maximum absolute atomic E-state index is 6.50. The molecule has 1 aromatic carbocycles. The summed E-state index contributed by atoms with van der Waals surface area (Å²) in [6, 6.07) is 6.01. The molecular formula is C18H16Cl3N3. The molecule has 0 aliphatic carbocycles. The van der Waals surface area contributed by atoms with E-state index in [1.807, 2.05) is 18.2 Å². The molecule has 0 saturated carbocycles. The van der Waals surface area contributed by atoms with Crippen molar-refractivity contribution in [1.29, 1.82) is 0 Å². The number of anilines is 1. The molecule has 0 atom stereocenters. The van der Waals surface area contributed by atoms with Crippen LogP contribution < -0.4 is 5.32 Å². The van der Waals surface area contributed by atoms with E-state index in [1.54, 1.807) is 12.4 Å². The van der Waals surface area contributed by atoms with E-state index in [1.165, 1.54) is 5.57 Å². The fraction of sp³-hybridized carbons (Fsp3) is 0.222. The Labute approximate surface area is 156 Å². The first-order valence-corrected chi connectivity index (χ1v) is 8.56. The third-order valence-corrected chi connectivity index (χ3v) is 4.90. The number of allylic oxidation sites excluding steroid dienone is 1. The third-order valence-electron chi connectivity index (χ3n) is 3.80. The van der Waals surface area contributed by atoms with Gasteiger partial charge in [0, 0.05) is 29.2 Å². The van der Waals surface area contributed by atoms with Gasteiger partial charge in [-0.25, -0.2) is 9.97 Å². The highest BCUT2D eigenvalue weighted by Gasteiger charge is 2.23. The lowest BCUT2D eigenvalue weighted by Gasteiger charge is -2.31. The van der Waals surface area contributed by atoms with Gasteiger partial charge in [0.15, 0.2) is 0 Å². The zero-order chi connectivity index (χ0) is 17.5. The van der Waals surface area contributed by atoms with Crippen LogP contribution in [0.3, 0.4) is 0 Å². The van der Waals surface area contributed by atoms with Crippen molar-refractivity contribution in [3.63, 3.8) is 0 Å². The maximum Gasteiger partial charge on any atom is 0.222 e. The van der Waals surface area contributed by atoms with Gasteiger partial charge in [0.1, 0.15) is 0 Å². The van der Waals surface area contributed by atoms with Crippen molar-refractivity contribution in [3.8, 4) is 0 Å². The van der Waals surface area contributed by atoms with Gasteiger partial charge < -0.3 is 5.32 Å². The van der Waals surface area contributed by atoms with E-state index in [0.717, 1.165) is 16.8 Å². The molecule has 0 fully saturated rings. The summed E-state index contributed by atoms with van der Waals surface area (Å²) in [5, 5.41) is 4.50. The van der Waals surface area contributed by atoms with Crippen LogP contribution in [0.4, 0.5) is 5.69 Å². The molecule has 0 bridgehead atoms. The molecule has 1 aliphatic heterocycles. The largest absolute Gasteiger partial charge is 0.376 e. The van der Waals surface area contributed by atoms with E-state index < -0.39 is 0 Å². The second-order valence-corrected chi connectivity index (χ2v) is 7.40. The van der Waals surface area contributed by atoms with E-state index in [-0.39, 0.29) is 10.8 Å². The Morgan fingerprint density at radius 3 is 2.33 bits per heavy atom. The van der Waals surface area contributed by atoms with Gasteiger partial charge in [-0.15, -0.1) is 0 Å². The molecule has 1 aliphatic rings. The molecular weight excluding hydrogens is 365 g/mol. The zero-order valence-corrected chi connectivity index (χ0v) is 15.8. The molecule has 0 radical (unpaired) electrons. The Hall–Kier alpha value is -1.55. The Bertz CT molecular complexity index is 852. The number of benzene rings is 1. The van der Waals surface area contributed by atoms with E-state index in [9.17, 15) is 0 Å². The lowest BCUT2D eigenvalue weighted by Crippen LogP contribution is -2.31. The van der Waals surface area contributed by atoms with Crippen molar-refractivity contribution in [1.82, 2.24) is 9.97 Å². The standard InChI is InChI=1S/C18H16Cl3N3/c1-10-7-18(2,3)24-14-6-11(4-5-13(10)14)15(19)16(20)12-8-22-17(21)23-9-12/h4-9,24H,1-3H3/b16-15+. The van der Waals surface area contributed by atoms with Crippen LogP contribution in [0.25, 0.3) is 15.6 Å². The van der Waals surface area contributed by atoms with Crippen LogP contribution in [0, 0.1) is 0 Å². The van der Waals surface area contributed by atoms with Crippen LogP contribution in [0.2, 0.25) is 5.28 Å². The van der Waals surface area contributed by atoms with Gasteiger partial charge in [-0.05, 0) is 49.6 Å². The van der Waals surface area contributed by atoms with E-state index in [4.69, 9.17) is 34.8 Å². The Morgan fingerprint density at radius 2 is 1.67 bits per heavy atom. The molecule has 1 N–H and O–H groups in total. The van der Waals surface area contributed by atoms with Gasteiger partial charge in [-0.3, -0.25) is 0 Å². The maximum atomic E-state index is 6.50. The Balaban J connectivity index is 2.03. The van der Waals surface area contributed by atoms with Crippen LogP contribution in [0.1, 0.15) is 37.5 Å². The highest BCUT2D eigenvalue weighted by Crippen LogP contribution is 2.38. The Morgan fingerprint density at radius 1 is 1.04 bits per heavy atom. The molecule has 3 rings (SSSR count). The van der Waals surface area contributed by atoms with Crippen molar-refractivity contribution in [3.05, 3.63) is 58.6 Å². The van der Waals surface area contributed by atoms with Crippen molar-refractivity contribution >= 4 is 56.1 Å². The molecule has 6 heteroatoms. The third kappa shape index (κ3) is 3.44. The summed E-state index contributed by atoms with van der Waals surface area (Å²) < 4.78 is 0. The molecule has 3 nitrogen and oxygen atoms in total. The average molecular weight is 381 g/mol. The first-order chi connectivity index (χ1) is 11.3. The minimum absolute atomic E-state index is 0.111. The molecule has 24 heavy (non-hydrogen) atoms. The summed E-state index contributed by atoms with van der Waals surface area (Å²) in [7, 11) is 0. The lowest BCUT2D eigenvalue weighted by atomic mass is 9.90. The molecule has 1 aromatic heterocycles. The summed E-state index contributed by atoms with van der Waals surface area (Å²) in [5.74, 6) is 0. The Kier molecular flexibility index (Phi) is 4.60. The first kappa shape index (κ1) is 17.3. The van der Waals surface area contributed by atoms with E-state index in [0.29, 0.717) is 15.6 Å². The summed E-state index contributed by atoms with van der Waals surface area (Å²) in [5.41, 5.74) is 4.76. The van der Waals surface area contributed by atoms with Crippen LogP contribution in [0.15, 0.2) is 36.7 Å². The number of aromatic nitrogens is 2. The molecule has 124 valence electrons. The lowest BCUT2D eigenvalue weighted by molar-refractivity contribution is 0.707. The highest BCUT2D eigenvalue weighted by molar-refractivity contribution is 6.65. The van der Waals surface area contributed by atoms with Crippen molar-refractivity contribution < 1.29 is 0 Å². The number of rotatable bonds is 2. The molecule has 2 aromatic rings. The highest BCUT2D eigenvalue weighted by atomic mass is 35.5. The molecule has 0 amide bonds. The van der Waals surface area contributed by atoms with E-state index in [2.05, 4.69) is 42.1 Å². The van der Waals surface area contributed by atoms with Gasteiger partial charge in [-0.2, -0.15) is 0 Å². The summed E-state index contributed by atoms with van der Waals surface area (Å²) in [4.78, 5) is 7.87. The monoisotopic (exact) mass is 379 g/mol. The molecule has 0 saturated heterocycles. The minimum atomic E-state index is -0.111. The number of halogens is 3. The number of nitrogens with zero attached hydrogens (tertiary/aromatic N) is 2. The summed E-state index contributed by atoms with van der Waals surface area (Å²) in [6.45, 7) is 6.36. The van der Waals surface area contributed by atoms with Gasteiger partial charge in [0.05, 0.1) is 15.6 Å². The minimum Gasteiger partial charge on any atom is -0.376 e. The smallest absolute Gasteiger partial charge is 0.222 e. The fourth-order valence-electron chi connectivity index (χ4n) is 2.81. The quantitative estimate of drug-likeness (QED) is 0.645. The van der Waals surface area contributed by atoms with Crippen LogP contribution in [-0.4, -0.2) is 15.5 Å². The second kappa shape index (κ2) is 6.40. The van der Waals surface area contributed by atoms with Gasteiger partial charge >= 0.3 is 0 Å². The molecule has 0 unspecified atom stereocenters. The second-order valence-electron chi connectivity index (χ2n) is 6.30. The van der Waals surface area contributed by atoms with Crippen molar-refractivity contribution in [2.75, 3.05) is 5.32 Å². The van der Waals surface area contributed by atoms with Gasteiger partial charge in [-0.1, -0.05) is 41.4 Å².